The molecule has 19 heavy (non-hydrogen) atoms. The third-order valence-corrected chi connectivity index (χ3v) is 4.18. The number of aryl methyl sites for hydroxylation is 1. The van der Waals surface area contributed by atoms with Crippen molar-refractivity contribution in [3.05, 3.63) is 45.9 Å². The monoisotopic (exact) mass is 277 g/mol. The van der Waals surface area contributed by atoms with Gasteiger partial charge < -0.3 is 5.32 Å². The zero-order valence-corrected chi connectivity index (χ0v) is 12.5. The van der Waals surface area contributed by atoms with E-state index < -0.39 is 0 Å². The highest BCUT2D eigenvalue weighted by Gasteiger charge is 2.14. The Labute approximate surface area is 118 Å². The fourth-order valence-electron chi connectivity index (χ4n) is 2.27. The van der Waals surface area contributed by atoms with Gasteiger partial charge in [-0.15, -0.1) is 11.3 Å². The van der Waals surface area contributed by atoms with E-state index >= 15 is 0 Å². The quantitative estimate of drug-likeness (QED) is 0.817. The van der Waals surface area contributed by atoms with E-state index in [2.05, 4.69) is 37.5 Å². The fourth-order valence-corrected chi connectivity index (χ4v) is 2.99. The lowest BCUT2D eigenvalue weighted by Gasteiger charge is -2.18. The van der Waals surface area contributed by atoms with Gasteiger partial charge in [0.2, 0.25) is 0 Å². The maximum atomic E-state index is 13.6. The molecule has 2 aromatic rings. The molecule has 1 N–H and O–H groups in total. The molecular formula is C16H20FNS. The molecule has 3 heteroatoms. The smallest absolute Gasteiger partial charge is 0.123 e. The normalized spacial score (nSPS) is 12.6. The lowest BCUT2D eigenvalue weighted by molar-refractivity contribution is 0.569. The summed E-state index contributed by atoms with van der Waals surface area (Å²) in [6.45, 7) is 7.34. The number of halogens is 1. The molecule has 0 radical (unpaired) electrons. The molecule has 0 spiro atoms. The summed E-state index contributed by atoms with van der Waals surface area (Å²) in [6.07, 6.45) is 1.10. The highest BCUT2D eigenvalue weighted by atomic mass is 32.1. The Balaban J connectivity index is 2.41. The van der Waals surface area contributed by atoms with Gasteiger partial charge >= 0.3 is 0 Å². The van der Waals surface area contributed by atoms with E-state index in [1.165, 1.54) is 4.88 Å². The summed E-state index contributed by atoms with van der Waals surface area (Å²) in [4.78, 5) is 1.23. The van der Waals surface area contributed by atoms with Crippen LogP contribution in [0.3, 0.4) is 0 Å². The molecule has 1 nitrogen and oxygen atoms in total. The van der Waals surface area contributed by atoms with Gasteiger partial charge in [-0.1, -0.05) is 13.0 Å². The average Bonchev–Trinajstić information content (AvgIpc) is 2.82. The second-order valence-corrected chi connectivity index (χ2v) is 5.92. The summed E-state index contributed by atoms with van der Waals surface area (Å²) < 4.78 is 13.6. The molecule has 1 aromatic carbocycles. The molecule has 0 aliphatic heterocycles. The van der Waals surface area contributed by atoms with Crippen LogP contribution in [0.1, 0.15) is 36.8 Å². The molecule has 2 rings (SSSR count). The number of benzene rings is 1. The van der Waals surface area contributed by atoms with Crippen LogP contribution in [-0.4, -0.2) is 6.54 Å². The molecule has 102 valence electrons. The molecule has 0 amide bonds. The Morgan fingerprint density at radius 1 is 1.26 bits per heavy atom. The second kappa shape index (κ2) is 6.31. The van der Waals surface area contributed by atoms with Crippen LogP contribution in [-0.2, 0) is 0 Å². The molecule has 0 saturated heterocycles. The number of nitrogens with one attached hydrogen (secondary N) is 1. The Kier molecular flexibility index (Phi) is 4.72. The Morgan fingerprint density at radius 3 is 2.68 bits per heavy atom. The van der Waals surface area contributed by atoms with Gasteiger partial charge in [0.1, 0.15) is 5.82 Å². The van der Waals surface area contributed by atoms with E-state index in [1.807, 2.05) is 6.07 Å². The molecule has 1 unspecified atom stereocenters. The van der Waals surface area contributed by atoms with Crippen LogP contribution in [0.5, 0.6) is 0 Å². The highest BCUT2D eigenvalue weighted by molar-refractivity contribution is 7.10. The van der Waals surface area contributed by atoms with Crippen molar-refractivity contribution in [2.24, 2.45) is 0 Å². The Hall–Kier alpha value is -1.19. The first-order valence-electron chi connectivity index (χ1n) is 6.70. The lowest BCUT2D eigenvalue weighted by atomic mass is 9.96. The SMILES string of the molecule is CCCNC(C)c1ccc(F)cc1-c1ccsc1C. The first-order valence-corrected chi connectivity index (χ1v) is 7.58. The van der Waals surface area contributed by atoms with Crippen molar-refractivity contribution in [3.63, 3.8) is 0 Å². The molecule has 0 saturated carbocycles. The summed E-state index contributed by atoms with van der Waals surface area (Å²) in [7, 11) is 0. The predicted molar refractivity (Wildman–Crippen MR) is 81.2 cm³/mol. The van der Waals surface area contributed by atoms with E-state index in [9.17, 15) is 4.39 Å². The Bertz CT molecular complexity index is 547. The van der Waals surface area contributed by atoms with Gasteiger partial charge in [0.05, 0.1) is 0 Å². The van der Waals surface area contributed by atoms with Crippen LogP contribution in [0, 0.1) is 12.7 Å². The fraction of sp³-hybridized carbons (Fsp3) is 0.375. The van der Waals surface area contributed by atoms with Crippen molar-refractivity contribution in [1.29, 1.82) is 0 Å². The highest BCUT2D eigenvalue weighted by Crippen LogP contribution is 2.33. The zero-order valence-electron chi connectivity index (χ0n) is 11.7. The minimum Gasteiger partial charge on any atom is -0.310 e. The van der Waals surface area contributed by atoms with Crippen LogP contribution in [0.4, 0.5) is 4.39 Å². The van der Waals surface area contributed by atoms with Crippen LogP contribution in [0.2, 0.25) is 0 Å². The molecular weight excluding hydrogens is 257 g/mol. The van der Waals surface area contributed by atoms with Crippen molar-refractivity contribution in [3.8, 4) is 11.1 Å². The molecule has 1 heterocycles. The average molecular weight is 277 g/mol. The standard InChI is InChI=1S/C16H20FNS/c1-4-8-18-11(2)14-6-5-13(17)10-16(14)15-7-9-19-12(15)3/h5-7,9-11,18H,4,8H2,1-3H3. The molecule has 0 fully saturated rings. The van der Waals surface area contributed by atoms with E-state index in [0.717, 1.165) is 29.7 Å². The van der Waals surface area contributed by atoms with E-state index in [1.54, 1.807) is 23.5 Å². The lowest BCUT2D eigenvalue weighted by Crippen LogP contribution is -2.20. The van der Waals surface area contributed by atoms with Gasteiger partial charge in [-0.25, -0.2) is 4.39 Å². The number of rotatable bonds is 5. The summed E-state index contributed by atoms with van der Waals surface area (Å²) in [6, 6.07) is 7.40. The molecule has 1 aromatic heterocycles. The van der Waals surface area contributed by atoms with Crippen molar-refractivity contribution in [1.82, 2.24) is 5.32 Å². The molecule has 1 atom stereocenters. The maximum Gasteiger partial charge on any atom is 0.123 e. The molecule has 0 aliphatic carbocycles. The number of hydrogen-bond donors (Lipinski definition) is 1. The third-order valence-electron chi connectivity index (χ3n) is 3.33. The van der Waals surface area contributed by atoms with Gasteiger partial charge in [-0.2, -0.15) is 0 Å². The summed E-state index contributed by atoms with van der Waals surface area (Å²) >= 11 is 1.70. The van der Waals surface area contributed by atoms with E-state index in [-0.39, 0.29) is 11.9 Å². The number of hydrogen-bond acceptors (Lipinski definition) is 2. The summed E-state index contributed by atoms with van der Waals surface area (Å²) in [5.41, 5.74) is 3.32. The number of thiophene rings is 1. The molecule has 0 bridgehead atoms. The predicted octanol–water partition coefficient (Wildman–Crippen LogP) is 4.92. The minimum atomic E-state index is -0.174. The van der Waals surface area contributed by atoms with Crippen molar-refractivity contribution in [2.45, 2.75) is 33.2 Å². The zero-order chi connectivity index (χ0) is 13.8. The van der Waals surface area contributed by atoms with Gasteiger partial charge in [0, 0.05) is 10.9 Å². The van der Waals surface area contributed by atoms with Crippen LogP contribution >= 0.6 is 11.3 Å². The van der Waals surface area contributed by atoms with E-state index in [0.29, 0.717) is 0 Å². The van der Waals surface area contributed by atoms with Crippen LogP contribution in [0.25, 0.3) is 11.1 Å². The minimum absolute atomic E-state index is 0.174. The summed E-state index contributed by atoms with van der Waals surface area (Å²) in [5.74, 6) is -0.174. The first kappa shape index (κ1) is 14.2. The van der Waals surface area contributed by atoms with Gasteiger partial charge in [-0.05, 0) is 67.1 Å². The van der Waals surface area contributed by atoms with Crippen molar-refractivity contribution in [2.75, 3.05) is 6.54 Å². The van der Waals surface area contributed by atoms with Crippen LogP contribution in [0.15, 0.2) is 29.6 Å². The van der Waals surface area contributed by atoms with Crippen molar-refractivity contribution < 1.29 is 4.39 Å². The van der Waals surface area contributed by atoms with Crippen molar-refractivity contribution >= 4 is 11.3 Å². The van der Waals surface area contributed by atoms with Gasteiger partial charge in [0.25, 0.3) is 0 Å². The maximum absolute atomic E-state index is 13.6. The first-order chi connectivity index (χ1) is 9.13. The van der Waals surface area contributed by atoms with Crippen LogP contribution < -0.4 is 5.32 Å². The summed E-state index contributed by atoms with van der Waals surface area (Å²) in [5, 5.41) is 5.53. The van der Waals surface area contributed by atoms with E-state index in [4.69, 9.17) is 0 Å². The molecule has 0 aliphatic rings. The largest absolute Gasteiger partial charge is 0.310 e. The van der Waals surface area contributed by atoms with Gasteiger partial charge in [-0.3, -0.25) is 0 Å². The second-order valence-electron chi connectivity index (χ2n) is 4.80. The Morgan fingerprint density at radius 2 is 2.05 bits per heavy atom. The van der Waals surface area contributed by atoms with Gasteiger partial charge in [0.15, 0.2) is 0 Å². The third kappa shape index (κ3) is 3.23. The topological polar surface area (TPSA) is 12.0 Å².